The normalized spacial score (nSPS) is 25.0. The van der Waals surface area contributed by atoms with Gasteiger partial charge in [0.1, 0.15) is 5.60 Å². The number of nitro groups is 1. The number of ether oxygens (including phenoxy) is 1. The minimum absolute atomic E-state index is 0.242. The molecule has 0 aromatic heterocycles. The van der Waals surface area contributed by atoms with Gasteiger partial charge in [0.25, 0.3) is 0 Å². The maximum atomic E-state index is 11.6. The number of carbonyl (C=O) groups is 1. The number of cyclic esters (lactones) is 1. The van der Waals surface area contributed by atoms with Crippen LogP contribution in [0, 0.1) is 16.0 Å². The van der Waals surface area contributed by atoms with Crippen molar-refractivity contribution in [1.82, 2.24) is 0 Å². The van der Waals surface area contributed by atoms with E-state index in [-0.39, 0.29) is 5.57 Å². The lowest BCUT2D eigenvalue weighted by Gasteiger charge is -2.34. The molecule has 1 rings (SSSR count). The van der Waals surface area contributed by atoms with Crippen molar-refractivity contribution in [2.24, 2.45) is 5.92 Å². The minimum atomic E-state index is -1.51. The van der Waals surface area contributed by atoms with Crippen LogP contribution in [0.2, 0.25) is 0 Å². The molecule has 0 spiro atoms. The second-order valence-corrected chi connectivity index (χ2v) is 4.30. The zero-order valence-corrected chi connectivity index (χ0v) is 10.0. The number of hydrogen-bond donors (Lipinski definition) is 1. The fraction of sp³-hybridized carbons (Fsp3) is 0.727. The highest BCUT2D eigenvalue weighted by atomic mass is 16.6. The first-order chi connectivity index (χ1) is 7.89. The van der Waals surface area contributed by atoms with E-state index in [1.54, 1.807) is 6.92 Å². The fourth-order valence-electron chi connectivity index (χ4n) is 2.12. The van der Waals surface area contributed by atoms with E-state index in [2.05, 4.69) is 0 Å². The Bertz CT molecular complexity index is 348. The van der Waals surface area contributed by atoms with Gasteiger partial charge in [-0.2, -0.15) is 0 Å². The average molecular weight is 243 g/mol. The number of rotatable bonds is 4. The molecule has 0 saturated carbocycles. The van der Waals surface area contributed by atoms with E-state index in [9.17, 15) is 20.0 Å². The van der Waals surface area contributed by atoms with Crippen LogP contribution < -0.4 is 0 Å². The third kappa shape index (κ3) is 3.03. The van der Waals surface area contributed by atoms with Gasteiger partial charge >= 0.3 is 5.97 Å². The molecule has 0 amide bonds. The summed E-state index contributed by atoms with van der Waals surface area (Å²) in [6.07, 6.45) is 2.25. The lowest BCUT2D eigenvalue weighted by Crippen LogP contribution is -2.44. The number of aliphatic hydroxyl groups is 1. The van der Waals surface area contributed by atoms with Crippen molar-refractivity contribution < 1.29 is 19.6 Å². The molecule has 1 aliphatic rings. The molecular formula is C11H17NO5. The fourth-order valence-corrected chi connectivity index (χ4v) is 2.12. The third-order valence-electron chi connectivity index (χ3n) is 3.14. The minimum Gasteiger partial charge on any atom is -0.465 e. The topological polar surface area (TPSA) is 89.7 Å². The molecule has 0 unspecified atom stereocenters. The Morgan fingerprint density at radius 1 is 1.76 bits per heavy atom. The van der Waals surface area contributed by atoms with Gasteiger partial charge in [0, 0.05) is 5.57 Å². The third-order valence-corrected chi connectivity index (χ3v) is 3.14. The van der Waals surface area contributed by atoms with Gasteiger partial charge in [0.05, 0.1) is 17.4 Å². The smallest absolute Gasteiger partial charge is 0.312 e. The molecule has 17 heavy (non-hydrogen) atoms. The summed E-state index contributed by atoms with van der Waals surface area (Å²) in [5.41, 5.74) is -1.27. The van der Waals surface area contributed by atoms with Crippen molar-refractivity contribution >= 4 is 5.97 Å². The Morgan fingerprint density at radius 2 is 2.41 bits per heavy atom. The Labute approximate surface area is 99.4 Å². The first-order valence-electron chi connectivity index (χ1n) is 5.63. The average Bonchev–Trinajstić information content (AvgIpc) is 2.25. The highest BCUT2D eigenvalue weighted by Gasteiger charge is 2.43. The summed E-state index contributed by atoms with van der Waals surface area (Å²) >= 11 is 0. The molecule has 1 fully saturated rings. The van der Waals surface area contributed by atoms with Crippen molar-refractivity contribution in [3.05, 3.63) is 21.9 Å². The summed E-state index contributed by atoms with van der Waals surface area (Å²) in [5, 5.41) is 20.8. The standard InChI is InChI=1S/C11H17NO5/c1-3-8(7-12(15)16)11(2,14)9-5-4-6-17-10(9)13/h7,9,14H,3-6H2,1-2H3/b8-7+/t9-,11-/m0/s1. The molecule has 6 nitrogen and oxygen atoms in total. The van der Waals surface area contributed by atoms with E-state index in [0.29, 0.717) is 25.9 Å². The van der Waals surface area contributed by atoms with Gasteiger partial charge in [0.2, 0.25) is 6.20 Å². The van der Waals surface area contributed by atoms with Crippen LogP contribution in [-0.2, 0) is 9.53 Å². The number of nitrogens with zero attached hydrogens (tertiary/aromatic N) is 1. The molecule has 6 heteroatoms. The summed E-state index contributed by atoms with van der Waals surface area (Å²) < 4.78 is 4.88. The van der Waals surface area contributed by atoms with Crippen LogP contribution in [0.4, 0.5) is 0 Å². The Hall–Kier alpha value is -1.43. The van der Waals surface area contributed by atoms with Crippen LogP contribution in [0.1, 0.15) is 33.1 Å². The van der Waals surface area contributed by atoms with Crippen LogP contribution in [0.15, 0.2) is 11.8 Å². The Balaban J connectivity index is 2.98. The molecule has 1 heterocycles. The van der Waals surface area contributed by atoms with E-state index >= 15 is 0 Å². The zero-order valence-electron chi connectivity index (χ0n) is 10.0. The van der Waals surface area contributed by atoms with E-state index < -0.39 is 22.4 Å². The highest BCUT2D eigenvalue weighted by Crippen LogP contribution is 2.34. The molecule has 1 N–H and O–H groups in total. The molecular weight excluding hydrogens is 226 g/mol. The van der Waals surface area contributed by atoms with Crippen molar-refractivity contribution in [1.29, 1.82) is 0 Å². The van der Waals surface area contributed by atoms with Gasteiger partial charge in [-0.1, -0.05) is 6.92 Å². The van der Waals surface area contributed by atoms with Crippen molar-refractivity contribution in [3.63, 3.8) is 0 Å². The largest absolute Gasteiger partial charge is 0.465 e. The van der Waals surface area contributed by atoms with Gasteiger partial charge < -0.3 is 9.84 Å². The van der Waals surface area contributed by atoms with Crippen molar-refractivity contribution in [2.45, 2.75) is 38.7 Å². The van der Waals surface area contributed by atoms with Gasteiger partial charge in [-0.15, -0.1) is 0 Å². The molecule has 96 valence electrons. The predicted octanol–water partition coefficient (Wildman–Crippen LogP) is 1.26. The maximum absolute atomic E-state index is 11.6. The molecule has 0 aromatic rings. The maximum Gasteiger partial charge on any atom is 0.312 e. The summed E-state index contributed by atoms with van der Waals surface area (Å²) in [6.45, 7) is 3.49. The van der Waals surface area contributed by atoms with Crippen molar-refractivity contribution in [3.8, 4) is 0 Å². The van der Waals surface area contributed by atoms with E-state index in [0.717, 1.165) is 6.20 Å². The number of hydrogen-bond acceptors (Lipinski definition) is 5. The lowest BCUT2D eigenvalue weighted by atomic mass is 9.78. The van der Waals surface area contributed by atoms with Crippen LogP contribution >= 0.6 is 0 Å². The van der Waals surface area contributed by atoms with Crippen LogP contribution in [-0.4, -0.2) is 28.2 Å². The second-order valence-electron chi connectivity index (χ2n) is 4.30. The summed E-state index contributed by atoms with van der Waals surface area (Å²) in [6, 6.07) is 0. The molecule has 0 radical (unpaired) electrons. The number of carbonyl (C=O) groups excluding carboxylic acids is 1. The molecule has 1 saturated heterocycles. The van der Waals surface area contributed by atoms with Crippen LogP contribution in [0.5, 0.6) is 0 Å². The zero-order chi connectivity index (χ0) is 13.1. The van der Waals surface area contributed by atoms with Gasteiger partial charge in [0.15, 0.2) is 0 Å². The van der Waals surface area contributed by atoms with Crippen LogP contribution in [0.3, 0.4) is 0 Å². The summed E-state index contributed by atoms with van der Waals surface area (Å²) in [5.74, 6) is -1.20. The molecule has 0 aliphatic carbocycles. The Morgan fingerprint density at radius 3 is 2.88 bits per heavy atom. The molecule has 0 aromatic carbocycles. The molecule has 2 atom stereocenters. The second kappa shape index (κ2) is 5.27. The summed E-state index contributed by atoms with van der Waals surface area (Å²) in [7, 11) is 0. The van der Waals surface area contributed by atoms with Crippen LogP contribution in [0.25, 0.3) is 0 Å². The van der Waals surface area contributed by atoms with Gasteiger partial charge in [-0.05, 0) is 26.2 Å². The van der Waals surface area contributed by atoms with E-state index in [1.807, 2.05) is 0 Å². The molecule has 1 aliphatic heterocycles. The molecule has 0 bridgehead atoms. The first kappa shape index (κ1) is 13.6. The SMILES string of the molecule is CC/C(=C\[N+](=O)[O-])[C@](C)(O)[C@H]1CCCOC1=O. The number of esters is 1. The first-order valence-corrected chi connectivity index (χ1v) is 5.63. The van der Waals surface area contributed by atoms with Gasteiger partial charge in [-0.25, -0.2) is 0 Å². The summed E-state index contributed by atoms with van der Waals surface area (Å²) in [4.78, 5) is 21.4. The highest BCUT2D eigenvalue weighted by molar-refractivity contribution is 5.75. The Kier molecular flexibility index (Phi) is 4.22. The van der Waals surface area contributed by atoms with E-state index in [4.69, 9.17) is 4.74 Å². The van der Waals surface area contributed by atoms with Crippen molar-refractivity contribution in [2.75, 3.05) is 6.61 Å². The predicted molar refractivity (Wildman–Crippen MR) is 59.7 cm³/mol. The van der Waals surface area contributed by atoms with Gasteiger partial charge in [-0.3, -0.25) is 14.9 Å². The lowest BCUT2D eigenvalue weighted by molar-refractivity contribution is -0.404. The quantitative estimate of drug-likeness (QED) is 0.456. The van der Waals surface area contributed by atoms with E-state index in [1.165, 1.54) is 6.92 Å². The monoisotopic (exact) mass is 243 g/mol.